The quantitative estimate of drug-likeness (QED) is 0.485. The van der Waals surface area contributed by atoms with E-state index in [0.29, 0.717) is 5.69 Å². The van der Waals surface area contributed by atoms with Gasteiger partial charge >= 0.3 is 6.64 Å². The van der Waals surface area contributed by atoms with Crippen LogP contribution in [0.5, 0.6) is 0 Å². The summed E-state index contributed by atoms with van der Waals surface area (Å²) in [4.78, 5) is 20.3. The van der Waals surface area contributed by atoms with Crippen molar-refractivity contribution >= 4 is 29.8 Å². The lowest BCUT2D eigenvalue weighted by atomic mass is 9.87. The monoisotopic (exact) mass is 392 g/mol. The zero-order valence-corrected chi connectivity index (χ0v) is 18.0. The maximum absolute atomic E-state index is 10.2. The zero-order chi connectivity index (χ0) is 19.8. The molecule has 0 unspecified atom stereocenters. The van der Waals surface area contributed by atoms with Crippen LogP contribution in [0.1, 0.15) is 52.7 Å². The Kier molecular flexibility index (Phi) is 5.89. The highest BCUT2D eigenvalue weighted by molar-refractivity contribution is 8.09. The number of benzene rings is 2. The molecule has 0 aliphatic heterocycles. The van der Waals surface area contributed by atoms with Crippen LogP contribution in [-0.2, 0) is 22.6 Å². The summed E-state index contributed by atoms with van der Waals surface area (Å²) in [7, 11) is 0. The Balaban J connectivity index is 2.30. The molecule has 0 heterocycles. The lowest BCUT2D eigenvalue weighted by Gasteiger charge is -2.30. The van der Waals surface area contributed by atoms with Gasteiger partial charge in [0.25, 0.3) is 0 Å². The minimum absolute atomic E-state index is 0.0260. The van der Waals surface area contributed by atoms with Crippen molar-refractivity contribution in [3.63, 3.8) is 0 Å². The van der Waals surface area contributed by atoms with Crippen LogP contribution < -0.4 is 10.2 Å². The second kappa shape index (κ2) is 7.32. The van der Waals surface area contributed by atoms with E-state index in [9.17, 15) is 9.79 Å². The number of nitrogens with one attached hydrogen (secondary N) is 1. The summed E-state index contributed by atoms with van der Waals surface area (Å²) >= 11 is 4.96. The van der Waals surface area contributed by atoms with Crippen LogP contribution in [0.3, 0.4) is 0 Å². The molecule has 6 heteroatoms. The molecule has 0 atom stereocenters. The van der Waals surface area contributed by atoms with Gasteiger partial charge in [0.2, 0.25) is 0 Å². The lowest BCUT2D eigenvalue weighted by Crippen LogP contribution is -2.26. The topological polar surface area (TPSA) is 55.7 Å². The number of hydrogen-bond acceptors (Lipinski definition) is 2. The van der Waals surface area contributed by atoms with Crippen LogP contribution in [0.2, 0.25) is 0 Å². The number of anilines is 2. The van der Waals surface area contributed by atoms with Gasteiger partial charge in [-0.15, -0.1) is 0 Å². The van der Waals surface area contributed by atoms with Gasteiger partial charge < -0.3 is 9.79 Å². The summed E-state index contributed by atoms with van der Waals surface area (Å²) in [6, 6.07) is 15.6. The van der Waals surface area contributed by atoms with Gasteiger partial charge in [0, 0.05) is 0 Å². The molecule has 0 radical (unpaired) electrons. The van der Waals surface area contributed by atoms with E-state index in [1.54, 1.807) is 0 Å². The molecule has 0 bridgehead atoms. The number of hydrazine groups is 1. The molecule has 0 amide bonds. The van der Waals surface area contributed by atoms with Crippen LogP contribution in [0.4, 0.5) is 11.4 Å². The first-order valence-electron chi connectivity index (χ1n) is 8.62. The van der Waals surface area contributed by atoms with Crippen LogP contribution in [0, 0.1) is 0 Å². The highest BCUT2D eigenvalue weighted by Crippen LogP contribution is 2.44. The van der Waals surface area contributed by atoms with Crippen molar-refractivity contribution in [1.82, 2.24) is 0 Å². The first kappa shape index (κ1) is 20.9. The van der Waals surface area contributed by atoms with Gasteiger partial charge in [0.15, 0.2) is 0 Å². The molecule has 3 N–H and O–H groups in total. The molecule has 0 aliphatic carbocycles. The Morgan fingerprint density at radius 3 is 1.50 bits per heavy atom. The number of rotatable bonds is 4. The van der Waals surface area contributed by atoms with E-state index in [-0.39, 0.29) is 10.8 Å². The fourth-order valence-corrected chi connectivity index (χ4v) is 3.64. The molecule has 0 aliphatic rings. The molecular weight excluding hydrogens is 363 g/mol. The Hall–Kier alpha value is -1.39. The second-order valence-electron chi connectivity index (χ2n) is 8.56. The average molecular weight is 393 g/mol. The summed E-state index contributed by atoms with van der Waals surface area (Å²) in [6.07, 6.45) is 0. The Morgan fingerprint density at radius 2 is 1.15 bits per heavy atom. The summed E-state index contributed by atoms with van der Waals surface area (Å²) < 4.78 is 1.28. The van der Waals surface area contributed by atoms with Crippen molar-refractivity contribution in [2.24, 2.45) is 0 Å². The number of nitrogens with zero attached hydrogens (tertiary/aromatic N) is 1. The highest BCUT2D eigenvalue weighted by atomic mass is 32.5. The van der Waals surface area contributed by atoms with Crippen LogP contribution in [-0.4, -0.2) is 9.79 Å². The average Bonchev–Trinajstić information content (AvgIpc) is 2.50. The van der Waals surface area contributed by atoms with Gasteiger partial charge in [-0.05, 0) is 58.0 Å². The first-order valence-corrected chi connectivity index (χ1v) is 11.3. The van der Waals surface area contributed by atoms with Crippen molar-refractivity contribution in [3.05, 3.63) is 59.7 Å². The molecule has 2 aromatic rings. The molecule has 0 spiro atoms. The standard InChI is InChI=1S/C20H29N2O2PS/c1-19(2,3)15-7-11-17(12-8-15)21-22(25(23,24)26)18-13-9-16(10-14-18)20(4,5)6/h7-14,21H,1-6H3,(H2,23,24,26). The summed E-state index contributed by atoms with van der Waals surface area (Å²) in [6.45, 7) is 9.16. The Bertz CT molecular complexity index is 785. The summed E-state index contributed by atoms with van der Waals surface area (Å²) in [5.41, 5.74) is 6.87. The third kappa shape index (κ3) is 5.31. The van der Waals surface area contributed by atoms with Crippen LogP contribution >= 0.6 is 6.64 Å². The maximum atomic E-state index is 10.2. The highest BCUT2D eigenvalue weighted by Gasteiger charge is 2.23. The summed E-state index contributed by atoms with van der Waals surface area (Å²) in [5.74, 6) is 0. The molecule has 142 valence electrons. The molecular formula is C20H29N2O2PS. The van der Waals surface area contributed by atoms with Crippen LogP contribution in [0.25, 0.3) is 0 Å². The van der Waals surface area contributed by atoms with Gasteiger partial charge in [0.1, 0.15) is 0 Å². The summed E-state index contributed by atoms with van der Waals surface area (Å²) in [5, 5.41) is 0. The molecule has 26 heavy (non-hydrogen) atoms. The van der Waals surface area contributed by atoms with Crippen molar-refractivity contribution in [2.45, 2.75) is 52.4 Å². The van der Waals surface area contributed by atoms with E-state index in [0.717, 1.165) is 5.69 Å². The number of hydrogen-bond donors (Lipinski definition) is 3. The maximum Gasteiger partial charge on any atom is 0.303 e. The van der Waals surface area contributed by atoms with E-state index >= 15 is 0 Å². The fraction of sp³-hybridized carbons (Fsp3) is 0.400. The van der Waals surface area contributed by atoms with E-state index < -0.39 is 6.64 Å². The Labute approximate surface area is 162 Å². The predicted molar refractivity (Wildman–Crippen MR) is 115 cm³/mol. The third-order valence-corrected chi connectivity index (χ3v) is 5.57. The SMILES string of the molecule is CC(C)(C)c1ccc(NN(c2ccc(C(C)(C)C)cc2)P(O)(O)=S)cc1. The Morgan fingerprint density at radius 1 is 0.769 bits per heavy atom. The van der Waals surface area contributed by atoms with Crippen molar-refractivity contribution < 1.29 is 9.79 Å². The normalized spacial score (nSPS) is 12.8. The predicted octanol–water partition coefficient (Wildman–Crippen LogP) is 5.32. The van der Waals surface area contributed by atoms with E-state index in [4.69, 9.17) is 11.8 Å². The minimum atomic E-state index is -3.71. The smallest absolute Gasteiger partial charge is 0.303 e. The molecule has 0 saturated carbocycles. The first-order chi connectivity index (χ1) is 11.8. The molecule has 0 fully saturated rings. The molecule has 4 nitrogen and oxygen atoms in total. The van der Waals surface area contributed by atoms with Gasteiger partial charge in [0.05, 0.1) is 11.4 Å². The van der Waals surface area contributed by atoms with E-state index in [2.05, 4.69) is 47.0 Å². The van der Waals surface area contributed by atoms with Gasteiger partial charge in [-0.1, -0.05) is 65.8 Å². The molecule has 2 rings (SSSR count). The van der Waals surface area contributed by atoms with Crippen molar-refractivity contribution in [2.75, 3.05) is 10.2 Å². The van der Waals surface area contributed by atoms with Gasteiger partial charge in [-0.3, -0.25) is 5.43 Å². The van der Waals surface area contributed by atoms with E-state index in [1.165, 1.54) is 15.9 Å². The fourth-order valence-electron chi connectivity index (χ4n) is 2.55. The van der Waals surface area contributed by atoms with Gasteiger partial charge in [-0.25, -0.2) is 4.78 Å². The lowest BCUT2D eigenvalue weighted by molar-refractivity contribution is 0.476. The second-order valence-corrected chi connectivity index (χ2v) is 11.5. The molecule has 0 aromatic heterocycles. The zero-order valence-electron chi connectivity index (χ0n) is 16.3. The van der Waals surface area contributed by atoms with Crippen molar-refractivity contribution in [3.8, 4) is 0 Å². The minimum Gasteiger partial charge on any atom is -0.328 e. The van der Waals surface area contributed by atoms with Gasteiger partial charge in [-0.2, -0.15) is 0 Å². The largest absolute Gasteiger partial charge is 0.328 e. The van der Waals surface area contributed by atoms with Crippen molar-refractivity contribution in [1.29, 1.82) is 0 Å². The molecule has 0 saturated heterocycles. The molecule has 2 aromatic carbocycles. The third-order valence-electron chi connectivity index (χ3n) is 4.22. The van der Waals surface area contributed by atoms with E-state index in [1.807, 2.05) is 48.5 Å². The van der Waals surface area contributed by atoms with Crippen LogP contribution in [0.15, 0.2) is 48.5 Å².